The van der Waals surface area contributed by atoms with E-state index in [1.165, 1.54) is 0 Å². The number of H-pyrrole nitrogens is 1. The number of aromatic amines is 1. The largest absolute Gasteiger partial charge is 0.354 e. The molecule has 172 valence electrons. The zero-order valence-electron chi connectivity index (χ0n) is 18.3. The first kappa shape index (κ1) is 21.9. The molecule has 0 aliphatic carbocycles. The highest BCUT2D eigenvalue weighted by atomic mass is 35.5. The predicted molar refractivity (Wildman–Crippen MR) is 132 cm³/mol. The number of aryl methyl sites for hydroxylation is 2. The maximum atomic E-state index is 13.0. The fourth-order valence-corrected chi connectivity index (χ4v) is 4.36. The number of rotatable bonds is 7. The molecule has 4 aromatic rings. The number of aromatic nitrogens is 3. The first-order chi connectivity index (χ1) is 16.5. The van der Waals surface area contributed by atoms with Crippen molar-refractivity contribution in [3.63, 3.8) is 0 Å². The van der Waals surface area contributed by atoms with E-state index in [-0.39, 0.29) is 11.8 Å². The van der Waals surface area contributed by atoms with Crippen LogP contribution in [0, 0.1) is 0 Å². The minimum Gasteiger partial charge on any atom is -0.354 e. The molecule has 0 radical (unpaired) electrons. The van der Waals surface area contributed by atoms with Crippen molar-refractivity contribution in [2.75, 3.05) is 5.32 Å². The molecule has 4 N–H and O–H groups in total. The third-order valence-corrected chi connectivity index (χ3v) is 6.08. The Morgan fingerprint density at radius 2 is 2.06 bits per heavy atom. The molecule has 2 aromatic carbocycles. The van der Waals surface area contributed by atoms with Gasteiger partial charge in [-0.3, -0.25) is 14.3 Å². The molecule has 2 aromatic heterocycles. The van der Waals surface area contributed by atoms with Gasteiger partial charge in [0.2, 0.25) is 5.91 Å². The Morgan fingerprint density at radius 1 is 1.24 bits per heavy atom. The molecule has 0 fully saturated rings. The Hall–Kier alpha value is -3.95. The van der Waals surface area contributed by atoms with Gasteiger partial charge in [0.25, 0.3) is 5.91 Å². The van der Waals surface area contributed by atoms with Gasteiger partial charge in [0, 0.05) is 41.0 Å². The van der Waals surface area contributed by atoms with Crippen molar-refractivity contribution in [2.24, 2.45) is 12.1 Å². The maximum absolute atomic E-state index is 13.0. The van der Waals surface area contributed by atoms with Crippen LogP contribution in [0.2, 0.25) is 0 Å². The van der Waals surface area contributed by atoms with Crippen molar-refractivity contribution in [1.29, 1.82) is 0 Å². The second kappa shape index (κ2) is 9.12. The number of carbonyl (C=O) groups excluding carboxylic acids is 2. The molecule has 9 nitrogen and oxygen atoms in total. The van der Waals surface area contributed by atoms with Gasteiger partial charge in [0.15, 0.2) is 0 Å². The smallest absolute Gasteiger partial charge is 0.272 e. The average molecular weight is 476 g/mol. The van der Waals surface area contributed by atoms with Gasteiger partial charge in [0.1, 0.15) is 6.04 Å². The van der Waals surface area contributed by atoms with Crippen LogP contribution in [0.4, 0.5) is 5.69 Å². The lowest BCUT2D eigenvalue weighted by atomic mass is 10.0. The molecular formula is C24H22ClN7O2. The Labute approximate surface area is 200 Å². The number of anilines is 1. The van der Waals surface area contributed by atoms with Gasteiger partial charge in [0.05, 0.1) is 23.7 Å². The highest BCUT2D eigenvalue weighted by Gasteiger charge is 2.24. The SMILES string of the molecule is Cn1cc(-c2[nH]c3cc(NC(=O)[C@@H](CCc4ccccc4)NCl)cc4c3c2C=NNC4=O)cn1. The van der Waals surface area contributed by atoms with Crippen LogP contribution in [0.1, 0.15) is 27.9 Å². The van der Waals surface area contributed by atoms with E-state index in [9.17, 15) is 9.59 Å². The number of nitrogens with zero attached hydrogens (tertiary/aromatic N) is 3. The van der Waals surface area contributed by atoms with E-state index in [1.807, 2.05) is 43.6 Å². The summed E-state index contributed by atoms with van der Waals surface area (Å²) in [6.07, 6.45) is 6.44. The van der Waals surface area contributed by atoms with E-state index in [2.05, 4.69) is 30.8 Å². The third-order valence-electron chi connectivity index (χ3n) is 5.81. The molecule has 0 unspecified atom stereocenters. The number of amides is 2. The standard InChI is InChI=1S/C24H22ClN7O2/c1-32-13-15(11-27-32)22-18-12-26-31-23(33)17-9-16(10-20(29-22)21(17)18)28-24(34)19(30-25)8-7-14-5-3-2-4-6-14/h2-6,9-13,19,29-30H,7-8H2,1H3,(H,28,34)(H,31,33)/t19-/m1/s1. The third kappa shape index (κ3) is 4.18. The molecule has 2 amide bonds. The second-order valence-corrected chi connectivity index (χ2v) is 8.36. The predicted octanol–water partition coefficient (Wildman–Crippen LogP) is 3.33. The minimum absolute atomic E-state index is 0.290. The minimum atomic E-state index is -0.612. The van der Waals surface area contributed by atoms with Crippen LogP contribution in [0.15, 0.2) is 60.0 Å². The van der Waals surface area contributed by atoms with Crippen molar-refractivity contribution in [3.05, 3.63) is 71.5 Å². The van der Waals surface area contributed by atoms with Gasteiger partial charge in [-0.2, -0.15) is 10.2 Å². The fraction of sp³-hybridized carbons (Fsp3) is 0.167. The van der Waals surface area contributed by atoms with Crippen molar-refractivity contribution < 1.29 is 9.59 Å². The molecule has 1 atom stereocenters. The Bertz CT molecular complexity index is 1410. The van der Waals surface area contributed by atoms with Crippen LogP contribution in [0.25, 0.3) is 22.2 Å². The number of benzene rings is 2. The van der Waals surface area contributed by atoms with E-state index in [4.69, 9.17) is 11.8 Å². The van der Waals surface area contributed by atoms with Gasteiger partial charge in [-0.25, -0.2) is 10.3 Å². The molecule has 0 saturated carbocycles. The van der Waals surface area contributed by atoms with Gasteiger partial charge >= 0.3 is 0 Å². The summed E-state index contributed by atoms with van der Waals surface area (Å²) in [6.45, 7) is 0. The topological polar surface area (TPSA) is 116 Å². The van der Waals surface area contributed by atoms with Crippen LogP contribution in [0.3, 0.4) is 0 Å². The molecule has 1 aliphatic heterocycles. The molecule has 5 rings (SSSR count). The normalized spacial score (nSPS) is 13.5. The van der Waals surface area contributed by atoms with E-state index in [0.717, 1.165) is 27.8 Å². The van der Waals surface area contributed by atoms with Gasteiger partial charge in [-0.1, -0.05) is 30.3 Å². The summed E-state index contributed by atoms with van der Waals surface area (Å²) in [5, 5.41) is 11.9. The fourth-order valence-electron chi connectivity index (χ4n) is 4.15. The Morgan fingerprint density at radius 3 is 2.79 bits per heavy atom. The van der Waals surface area contributed by atoms with Crippen molar-refractivity contribution in [1.82, 2.24) is 25.0 Å². The number of hydrazone groups is 1. The number of halogens is 1. The number of carbonyl (C=O) groups is 2. The van der Waals surface area contributed by atoms with Crippen LogP contribution in [-0.2, 0) is 18.3 Å². The van der Waals surface area contributed by atoms with Crippen molar-refractivity contribution in [3.8, 4) is 11.3 Å². The summed E-state index contributed by atoms with van der Waals surface area (Å²) >= 11 is 5.89. The molecule has 0 saturated heterocycles. The van der Waals surface area contributed by atoms with Crippen molar-refractivity contribution in [2.45, 2.75) is 18.9 Å². The molecular weight excluding hydrogens is 454 g/mol. The Kier molecular flexibility index (Phi) is 5.87. The van der Waals surface area contributed by atoms with Crippen molar-refractivity contribution >= 4 is 46.4 Å². The highest BCUT2D eigenvalue weighted by molar-refractivity contribution is 6.19. The zero-order valence-corrected chi connectivity index (χ0v) is 19.1. The van der Waals surface area contributed by atoms with E-state index < -0.39 is 6.04 Å². The molecule has 10 heteroatoms. The van der Waals surface area contributed by atoms with E-state index in [1.54, 1.807) is 29.2 Å². The lowest BCUT2D eigenvalue weighted by Crippen LogP contribution is -2.36. The quantitative estimate of drug-likeness (QED) is 0.307. The first-order valence-corrected chi connectivity index (χ1v) is 11.1. The maximum Gasteiger partial charge on any atom is 0.272 e. The van der Waals surface area contributed by atoms with Gasteiger partial charge < -0.3 is 10.3 Å². The summed E-state index contributed by atoms with van der Waals surface area (Å²) in [6, 6.07) is 12.7. The molecule has 0 spiro atoms. The molecule has 3 heterocycles. The number of hydrogen-bond acceptors (Lipinski definition) is 5. The first-order valence-electron chi connectivity index (χ1n) is 10.8. The van der Waals surface area contributed by atoms with Crippen LogP contribution >= 0.6 is 11.8 Å². The summed E-state index contributed by atoms with van der Waals surface area (Å²) < 4.78 is 1.70. The summed E-state index contributed by atoms with van der Waals surface area (Å²) in [4.78, 5) is 31.6. The zero-order chi connectivity index (χ0) is 23.7. The number of nitrogens with one attached hydrogen (secondary N) is 4. The Balaban J connectivity index is 1.45. The van der Waals surface area contributed by atoms with Gasteiger partial charge in [-0.15, -0.1) is 0 Å². The highest BCUT2D eigenvalue weighted by Crippen LogP contribution is 2.34. The summed E-state index contributed by atoms with van der Waals surface area (Å²) in [7, 11) is 1.83. The lowest BCUT2D eigenvalue weighted by Gasteiger charge is -2.15. The second-order valence-electron chi connectivity index (χ2n) is 8.14. The lowest BCUT2D eigenvalue weighted by molar-refractivity contribution is -0.117. The molecule has 34 heavy (non-hydrogen) atoms. The number of hydrogen-bond donors (Lipinski definition) is 4. The van der Waals surface area contributed by atoms with Crippen LogP contribution < -0.4 is 15.6 Å². The van der Waals surface area contributed by atoms with Gasteiger partial charge in [-0.05, 0) is 42.3 Å². The van der Waals surface area contributed by atoms with E-state index in [0.29, 0.717) is 29.6 Å². The van der Waals surface area contributed by atoms with E-state index >= 15 is 0 Å². The van der Waals surface area contributed by atoms with Crippen LogP contribution in [0.5, 0.6) is 0 Å². The monoisotopic (exact) mass is 475 g/mol. The summed E-state index contributed by atoms with van der Waals surface area (Å²) in [5.74, 6) is -0.647. The molecule has 0 bridgehead atoms. The average Bonchev–Trinajstić information content (AvgIpc) is 3.38. The summed E-state index contributed by atoms with van der Waals surface area (Å²) in [5.41, 5.74) is 7.65. The van der Waals surface area contributed by atoms with Crippen LogP contribution in [-0.4, -0.2) is 38.8 Å². The molecule has 1 aliphatic rings.